The number of rotatable bonds is 4. The van der Waals surface area contributed by atoms with E-state index in [0.29, 0.717) is 29.4 Å². The van der Waals surface area contributed by atoms with Crippen molar-refractivity contribution in [3.8, 4) is 5.75 Å². The molecule has 0 fully saturated rings. The smallest absolute Gasteiger partial charge is 0.416 e. The molecule has 0 bridgehead atoms. The molecule has 184 valence electrons. The van der Waals surface area contributed by atoms with Gasteiger partial charge >= 0.3 is 18.2 Å². The van der Waals surface area contributed by atoms with Gasteiger partial charge in [0.2, 0.25) is 0 Å². The van der Waals surface area contributed by atoms with E-state index >= 15 is 0 Å². The second kappa shape index (κ2) is 9.52. The van der Waals surface area contributed by atoms with Gasteiger partial charge in [0.05, 0.1) is 12.7 Å². The monoisotopic (exact) mass is 483 g/mol. The van der Waals surface area contributed by atoms with Gasteiger partial charge < -0.3 is 14.2 Å². The van der Waals surface area contributed by atoms with Gasteiger partial charge in [-0.1, -0.05) is 6.07 Å². The summed E-state index contributed by atoms with van der Waals surface area (Å²) >= 11 is 0. The highest BCUT2D eigenvalue weighted by atomic mass is 19.4. The molecule has 2 aromatic rings. The van der Waals surface area contributed by atoms with Crippen LogP contribution >= 0.6 is 0 Å². The third kappa shape index (κ3) is 5.98. The van der Waals surface area contributed by atoms with Crippen molar-refractivity contribution in [1.29, 1.82) is 0 Å². The number of benzene rings is 2. The standard InChI is InChI=1S/C24H25F4NO5/c1-23(2,3)34-22(31)29-8-7-15-11-18(5-6-19(15)20(29)21(30)32-4)33-13-14-9-16(24(26,27)28)12-17(25)10-14/h5-6,9-12,20H,7-8,13H2,1-4H3/t20-/m1/s1. The fraction of sp³-hybridized carbons (Fsp3) is 0.417. The van der Waals surface area contributed by atoms with Crippen molar-refractivity contribution in [2.75, 3.05) is 13.7 Å². The van der Waals surface area contributed by atoms with Gasteiger partial charge in [0.25, 0.3) is 0 Å². The predicted octanol–water partition coefficient (Wildman–Crippen LogP) is 5.43. The van der Waals surface area contributed by atoms with E-state index < -0.39 is 41.3 Å². The maximum atomic E-state index is 13.6. The Balaban J connectivity index is 1.82. The average Bonchev–Trinajstić information content (AvgIpc) is 2.74. The number of carbonyl (C=O) groups excluding carboxylic acids is 2. The van der Waals surface area contributed by atoms with Crippen LogP contribution in [0.4, 0.5) is 22.4 Å². The van der Waals surface area contributed by atoms with Crippen LogP contribution in [0.15, 0.2) is 36.4 Å². The molecule has 1 aliphatic rings. The zero-order valence-corrected chi connectivity index (χ0v) is 19.2. The van der Waals surface area contributed by atoms with Gasteiger partial charge in [0.1, 0.15) is 23.8 Å². The van der Waals surface area contributed by atoms with E-state index in [9.17, 15) is 27.2 Å². The fourth-order valence-corrected chi connectivity index (χ4v) is 3.64. The first kappa shape index (κ1) is 25.3. The van der Waals surface area contributed by atoms with Crippen molar-refractivity contribution in [3.63, 3.8) is 0 Å². The molecule has 2 aromatic carbocycles. The van der Waals surface area contributed by atoms with E-state index in [-0.39, 0.29) is 18.7 Å². The first-order valence-corrected chi connectivity index (χ1v) is 10.5. The lowest BCUT2D eigenvalue weighted by molar-refractivity contribution is -0.147. The number of fused-ring (bicyclic) bond motifs is 1. The number of nitrogens with zero attached hydrogens (tertiary/aromatic N) is 1. The number of carbonyl (C=O) groups is 2. The number of hydrogen-bond donors (Lipinski definition) is 0. The number of alkyl halides is 3. The Labute approximate surface area is 194 Å². The molecule has 0 unspecified atom stereocenters. The number of esters is 1. The van der Waals surface area contributed by atoms with Gasteiger partial charge in [-0.2, -0.15) is 13.2 Å². The Morgan fingerprint density at radius 2 is 1.79 bits per heavy atom. The van der Waals surface area contributed by atoms with E-state index in [1.54, 1.807) is 32.9 Å². The van der Waals surface area contributed by atoms with Crippen LogP contribution in [0.5, 0.6) is 5.75 Å². The summed E-state index contributed by atoms with van der Waals surface area (Å²) in [5.41, 5.74) is -0.587. The molecule has 1 atom stereocenters. The lowest BCUT2D eigenvalue weighted by Crippen LogP contribution is -2.46. The molecular formula is C24H25F4NO5. The molecule has 0 saturated carbocycles. The Bertz CT molecular complexity index is 1080. The van der Waals surface area contributed by atoms with Crippen LogP contribution in [0.3, 0.4) is 0 Å². The number of ether oxygens (including phenoxy) is 3. The minimum absolute atomic E-state index is 0.0218. The van der Waals surface area contributed by atoms with Crippen LogP contribution in [0.2, 0.25) is 0 Å². The topological polar surface area (TPSA) is 65.1 Å². The maximum absolute atomic E-state index is 13.6. The summed E-state index contributed by atoms with van der Waals surface area (Å²) in [6.45, 7) is 5.05. The van der Waals surface area contributed by atoms with Gasteiger partial charge in [-0.15, -0.1) is 0 Å². The average molecular weight is 483 g/mol. The van der Waals surface area contributed by atoms with Gasteiger partial charge in [-0.05, 0) is 74.2 Å². The summed E-state index contributed by atoms with van der Waals surface area (Å²) in [5.74, 6) is -1.33. The quantitative estimate of drug-likeness (QED) is 0.429. The van der Waals surface area contributed by atoms with Crippen molar-refractivity contribution in [2.45, 2.75) is 51.6 Å². The Hall–Kier alpha value is -3.30. The van der Waals surface area contributed by atoms with Crippen molar-refractivity contribution in [3.05, 3.63) is 64.5 Å². The van der Waals surface area contributed by atoms with E-state index in [4.69, 9.17) is 14.2 Å². The minimum atomic E-state index is -4.68. The van der Waals surface area contributed by atoms with E-state index in [2.05, 4.69) is 0 Å². The summed E-state index contributed by atoms with van der Waals surface area (Å²) in [5, 5.41) is 0. The highest BCUT2D eigenvalue weighted by Gasteiger charge is 2.39. The molecule has 0 spiro atoms. The van der Waals surface area contributed by atoms with Gasteiger partial charge in [0, 0.05) is 6.54 Å². The first-order chi connectivity index (χ1) is 15.8. The number of halogens is 4. The highest BCUT2D eigenvalue weighted by Crippen LogP contribution is 2.35. The zero-order chi connectivity index (χ0) is 25.3. The second-order valence-electron chi connectivity index (χ2n) is 8.84. The van der Waals surface area contributed by atoms with Crippen LogP contribution in [0.25, 0.3) is 0 Å². The summed E-state index contributed by atoms with van der Waals surface area (Å²) in [7, 11) is 1.22. The van der Waals surface area contributed by atoms with E-state index in [1.807, 2.05) is 0 Å². The molecule has 1 aliphatic heterocycles. The summed E-state index contributed by atoms with van der Waals surface area (Å²) in [4.78, 5) is 26.5. The molecule has 1 amide bonds. The third-order valence-corrected chi connectivity index (χ3v) is 5.09. The van der Waals surface area contributed by atoms with Crippen LogP contribution in [-0.4, -0.2) is 36.2 Å². The summed E-state index contributed by atoms with van der Waals surface area (Å²) < 4.78 is 68.3. The van der Waals surface area contributed by atoms with Crippen LogP contribution in [-0.2, 0) is 33.5 Å². The number of methoxy groups -OCH3 is 1. The number of amides is 1. The summed E-state index contributed by atoms with van der Waals surface area (Å²) in [6.07, 6.45) is -4.94. The Kier molecular flexibility index (Phi) is 7.09. The highest BCUT2D eigenvalue weighted by molar-refractivity contribution is 5.84. The first-order valence-electron chi connectivity index (χ1n) is 10.5. The largest absolute Gasteiger partial charge is 0.489 e. The minimum Gasteiger partial charge on any atom is -0.489 e. The second-order valence-corrected chi connectivity index (χ2v) is 8.84. The Morgan fingerprint density at radius 1 is 1.09 bits per heavy atom. The molecule has 0 aromatic heterocycles. The Morgan fingerprint density at radius 3 is 2.41 bits per heavy atom. The van der Waals surface area contributed by atoms with E-state index in [1.165, 1.54) is 18.1 Å². The molecule has 0 aliphatic carbocycles. The lowest BCUT2D eigenvalue weighted by Gasteiger charge is -2.36. The van der Waals surface area contributed by atoms with Crippen LogP contribution in [0.1, 0.15) is 49.1 Å². The predicted molar refractivity (Wildman–Crippen MR) is 114 cm³/mol. The molecular weight excluding hydrogens is 458 g/mol. The van der Waals surface area contributed by atoms with Gasteiger partial charge in [-0.3, -0.25) is 4.90 Å². The molecule has 34 heavy (non-hydrogen) atoms. The molecule has 6 nitrogen and oxygen atoms in total. The van der Waals surface area contributed by atoms with Crippen molar-refractivity contribution >= 4 is 12.1 Å². The number of hydrogen-bond acceptors (Lipinski definition) is 5. The molecule has 3 rings (SSSR count). The normalized spacial score (nSPS) is 16.0. The SMILES string of the molecule is COC(=O)[C@H]1c2ccc(OCc3cc(F)cc(C(F)(F)F)c3)cc2CCN1C(=O)OC(C)(C)C. The molecule has 0 radical (unpaired) electrons. The maximum Gasteiger partial charge on any atom is 0.416 e. The lowest BCUT2D eigenvalue weighted by atomic mass is 9.92. The van der Waals surface area contributed by atoms with E-state index in [0.717, 1.165) is 12.1 Å². The van der Waals surface area contributed by atoms with Crippen LogP contribution < -0.4 is 4.74 Å². The van der Waals surface area contributed by atoms with Crippen LogP contribution in [0, 0.1) is 5.82 Å². The summed E-state index contributed by atoms with van der Waals surface area (Å²) in [6, 6.07) is 5.96. The van der Waals surface area contributed by atoms with Crippen molar-refractivity contribution in [2.24, 2.45) is 0 Å². The molecule has 0 N–H and O–H groups in total. The van der Waals surface area contributed by atoms with Gasteiger partial charge in [-0.25, -0.2) is 14.0 Å². The molecule has 1 heterocycles. The third-order valence-electron chi connectivity index (χ3n) is 5.09. The van der Waals surface area contributed by atoms with Crippen molar-refractivity contribution in [1.82, 2.24) is 4.90 Å². The molecule has 0 saturated heterocycles. The molecule has 10 heteroatoms. The van der Waals surface area contributed by atoms with Crippen molar-refractivity contribution < 1.29 is 41.4 Å². The van der Waals surface area contributed by atoms with Gasteiger partial charge in [0.15, 0.2) is 6.04 Å². The zero-order valence-electron chi connectivity index (χ0n) is 19.2. The fourth-order valence-electron chi connectivity index (χ4n) is 3.64.